The molecule has 1 aromatic rings. The second-order valence-corrected chi connectivity index (χ2v) is 14.8. The average Bonchev–Trinajstić information content (AvgIpc) is 3.42. The molecule has 220 valence electrons. The molecular weight excluding hydrogens is 508 g/mol. The standard InChI is InChI=1S/C36H48N2O3/c1-22-16-32-33(38(20-22)34(39)40-21-25-8-6-5-7-9-25)24(3)36(41-32)15-13-28-29-11-10-26-17-27(37)12-14-35(26,4)31(29)18-30(28)23(2)19-36/h5-9,12,14,22,24,26,28-29,31-33,37H,10-11,13,15-21H2,1-4H3/t22-,24+,26+,28-,29-,31-,32+,33-,35-,36-/m0/s1. The van der Waals surface area contributed by atoms with E-state index in [1.807, 2.05) is 35.2 Å². The van der Waals surface area contributed by atoms with Crippen molar-refractivity contribution in [1.29, 1.82) is 5.41 Å². The van der Waals surface area contributed by atoms with E-state index >= 15 is 0 Å². The first-order valence-corrected chi connectivity index (χ1v) is 16.3. The van der Waals surface area contributed by atoms with Crippen molar-refractivity contribution in [2.75, 3.05) is 6.54 Å². The molecule has 10 atom stereocenters. The van der Waals surface area contributed by atoms with Crippen LogP contribution < -0.4 is 0 Å². The summed E-state index contributed by atoms with van der Waals surface area (Å²) in [5, 5.41) is 8.26. The Bertz CT molecular complexity index is 1270. The van der Waals surface area contributed by atoms with Gasteiger partial charge in [0.05, 0.1) is 17.7 Å². The Morgan fingerprint density at radius 1 is 1.15 bits per heavy atom. The molecular formula is C36H48N2O3. The number of fused-ring (bicyclic) bond motifs is 6. The molecule has 2 saturated heterocycles. The van der Waals surface area contributed by atoms with Crippen LogP contribution in [0.2, 0.25) is 0 Å². The van der Waals surface area contributed by atoms with E-state index in [0.29, 0.717) is 30.3 Å². The monoisotopic (exact) mass is 556 g/mol. The lowest BCUT2D eigenvalue weighted by atomic mass is 9.54. The maximum atomic E-state index is 13.5. The highest BCUT2D eigenvalue weighted by atomic mass is 16.6. The maximum Gasteiger partial charge on any atom is 0.410 e. The fourth-order valence-electron chi connectivity index (χ4n) is 10.5. The van der Waals surface area contributed by atoms with Gasteiger partial charge in [-0.15, -0.1) is 0 Å². The smallest absolute Gasteiger partial charge is 0.410 e. The molecule has 0 radical (unpaired) electrons. The van der Waals surface area contributed by atoms with E-state index in [1.165, 1.54) is 25.7 Å². The molecule has 6 aliphatic rings. The van der Waals surface area contributed by atoms with Gasteiger partial charge in [-0.3, -0.25) is 0 Å². The largest absolute Gasteiger partial charge is 0.445 e. The fourth-order valence-corrected chi connectivity index (χ4v) is 10.5. The molecule has 1 spiro atoms. The van der Waals surface area contributed by atoms with Crippen LogP contribution in [0, 0.1) is 46.3 Å². The zero-order chi connectivity index (χ0) is 28.5. The van der Waals surface area contributed by atoms with Crippen LogP contribution in [0.4, 0.5) is 4.79 Å². The number of hydrogen-bond acceptors (Lipinski definition) is 4. The van der Waals surface area contributed by atoms with Gasteiger partial charge in [-0.05, 0) is 105 Å². The van der Waals surface area contributed by atoms with Crippen molar-refractivity contribution < 1.29 is 14.3 Å². The van der Waals surface area contributed by atoms with Crippen molar-refractivity contribution in [1.82, 2.24) is 4.90 Å². The zero-order valence-electron chi connectivity index (χ0n) is 25.4. The van der Waals surface area contributed by atoms with Gasteiger partial charge in [-0.1, -0.05) is 68.3 Å². The average molecular weight is 557 g/mol. The summed E-state index contributed by atoms with van der Waals surface area (Å²) in [7, 11) is 0. The molecule has 2 saturated carbocycles. The van der Waals surface area contributed by atoms with Gasteiger partial charge in [-0.25, -0.2) is 4.79 Å². The molecule has 0 unspecified atom stereocenters. The second kappa shape index (κ2) is 10.1. The topological polar surface area (TPSA) is 62.6 Å². The van der Waals surface area contributed by atoms with Crippen molar-refractivity contribution >= 4 is 11.8 Å². The van der Waals surface area contributed by atoms with Gasteiger partial charge in [0.15, 0.2) is 0 Å². The molecule has 4 aliphatic carbocycles. The number of allylic oxidation sites excluding steroid dienone is 3. The van der Waals surface area contributed by atoms with Crippen molar-refractivity contribution in [3.8, 4) is 0 Å². The molecule has 5 nitrogen and oxygen atoms in total. The summed E-state index contributed by atoms with van der Waals surface area (Å²) in [6, 6.07) is 10.1. The van der Waals surface area contributed by atoms with Crippen LogP contribution in [-0.2, 0) is 16.1 Å². The molecule has 1 N–H and O–H groups in total. The number of rotatable bonds is 2. The summed E-state index contributed by atoms with van der Waals surface area (Å²) in [6.45, 7) is 10.6. The lowest BCUT2D eigenvalue weighted by Gasteiger charge is -2.50. The summed E-state index contributed by atoms with van der Waals surface area (Å²) in [5.74, 6) is 3.42. The first-order chi connectivity index (χ1) is 19.7. The number of amides is 1. The van der Waals surface area contributed by atoms with Crippen molar-refractivity contribution in [2.45, 2.75) is 103 Å². The number of carbonyl (C=O) groups excluding carboxylic acids is 1. The lowest BCUT2D eigenvalue weighted by molar-refractivity contribution is -0.0788. The number of ether oxygens (including phenoxy) is 2. The molecule has 4 fully saturated rings. The van der Waals surface area contributed by atoms with Crippen LogP contribution in [0.25, 0.3) is 0 Å². The number of carbonyl (C=O) groups is 1. The molecule has 2 aliphatic heterocycles. The van der Waals surface area contributed by atoms with Gasteiger partial charge in [0.1, 0.15) is 6.61 Å². The number of nitrogens with one attached hydrogen (secondary N) is 1. The number of likely N-dealkylation sites (tertiary alicyclic amines) is 1. The van der Waals surface area contributed by atoms with Crippen molar-refractivity contribution in [3.63, 3.8) is 0 Å². The SMILES string of the molecule is CC1=C2C[C@H]3[C@@H](CC[C@@H]4CC(=N)C=C[C@@]43C)[C@@H]2CC[C@@]2(C1)O[C@@H]1C[C@H](C)CN(C(=O)OCc3ccccc3)[C@H]1[C@H]2C. The highest BCUT2D eigenvalue weighted by molar-refractivity contribution is 5.93. The van der Waals surface area contributed by atoms with E-state index in [2.05, 4.69) is 39.8 Å². The normalized spacial score (nSPS) is 43.3. The molecule has 0 aromatic heterocycles. The minimum atomic E-state index is -0.199. The van der Waals surface area contributed by atoms with E-state index in [1.54, 1.807) is 11.1 Å². The maximum absolute atomic E-state index is 13.5. The van der Waals surface area contributed by atoms with E-state index < -0.39 is 0 Å². The van der Waals surface area contributed by atoms with Gasteiger partial charge in [0.25, 0.3) is 0 Å². The van der Waals surface area contributed by atoms with Crippen LogP contribution in [0.1, 0.15) is 84.6 Å². The summed E-state index contributed by atoms with van der Waals surface area (Å²) in [5.41, 5.74) is 5.16. The minimum absolute atomic E-state index is 0.0787. The van der Waals surface area contributed by atoms with Crippen LogP contribution in [0.15, 0.2) is 53.6 Å². The Morgan fingerprint density at radius 3 is 2.76 bits per heavy atom. The number of piperidine rings is 1. The second-order valence-electron chi connectivity index (χ2n) is 14.8. The summed E-state index contributed by atoms with van der Waals surface area (Å²) in [4.78, 5) is 15.5. The van der Waals surface area contributed by atoms with E-state index in [9.17, 15) is 4.79 Å². The van der Waals surface area contributed by atoms with Crippen molar-refractivity contribution in [2.24, 2.45) is 40.9 Å². The molecule has 0 bridgehead atoms. The molecule has 41 heavy (non-hydrogen) atoms. The lowest BCUT2D eigenvalue weighted by Crippen LogP contribution is -2.54. The Hall–Kier alpha value is -2.40. The molecule has 1 amide bonds. The molecule has 2 heterocycles. The van der Waals surface area contributed by atoms with Crippen LogP contribution >= 0.6 is 0 Å². The molecule has 7 rings (SSSR count). The Morgan fingerprint density at radius 2 is 1.95 bits per heavy atom. The number of hydrogen-bond donors (Lipinski definition) is 1. The van der Waals surface area contributed by atoms with Gasteiger partial charge >= 0.3 is 6.09 Å². The molecule has 1 aromatic carbocycles. The van der Waals surface area contributed by atoms with Crippen molar-refractivity contribution in [3.05, 3.63) is 59.2 Å². The van der Waals surface area contributed by atoms with Gasteiger partial charge in [0.2, 0.25) is 0 Å². The van der Waals surface area contributed by atoms with Gasteiger partial charge in [0, 0.05) is 18.2 Å². The highest BCUT2D eigenvalue weighted by Crippen LogP contribution is 2.64. The number of nitrogens with zero attached hydrogens (tertiary/aromatic N) is 1. The van der Waals surface area contributed by atoms with Crippen LogP contribution in [0.3, 0.4) is 0 Å². The third kappa shape index (κ3) is 4.44. The van der Waals surface area contributed by atoms with Gasteiger partial charge < -0.3 is 19.8 Å². The zero-order valence-corrected chi connectivity index (χ0v) is 25.4. The minimum Gasteiger partial charge on any atom is -0.445 e. The third-order valence-corrected chi connectivity index (χ3v) is 12.6. The summed E-state index contributed by atoms with van der Waals surface area (Å²) in [6.07, 6.45) is 13.5. The third-order valence-electron chi connectivity index (χ3n) is 12.6. The quantitative estimate of drug-likeness (QED) is 0.376. The van der Waals surface area contributed by atoms with E-state index in [-0.39, 0.29) is 35.2 Å². The Kier molecular flexibility index (Phi) is 6.76. The highest BCUT2D eigenvalue weighted by Gasteiger charge is 2.60. The molecule has 5 heteroatoms. The van der Waals surface area contributed by atoms with Crippen LogP contribution in [0.5, 0.6) is 0 Å². The Balaban J connectivity index is 1.12. The number of benzene rings is 1. The summed E-state index contributed by atoms with van der Waals surface area (Å²) >= 11 is 0. The first kappa shape index (κ1) is 27.4. The van der Waals surface area contributed by atoms with E-state index in [4.69, 9.17) is 14.9 Å². The summed E-state index contributed by atoms with van der Waals surface area (Å²) < 4.78 is 13.0. The predicted octanol–water partition coefficient (Wildman–Crippen LogP) is 7.96. The fraction of sp³-hybridized carbons (Fsp3) is 0.667. The Labute approximate surface area is 246 Å². The van der Waals surface area contributed by atoms with Crippen LogP contribution in [-0.4, -0.2) is 41.0 Å². The van der Waals surface area contributed by atoms with E-state index in [0.717, 1.165) is 49.4 Å². The van der Waals surface area contributed by atoms with Gasteiger partial charge in [-0.2, -0.15) is 0 Å². The first-order valence-electron chi connectivity index (χ1n) is 16.3. The predicted molar refractivity (Wildman–Crippen MR) is 162 cm³/mol.